The maximum Gasteiger partial charge on any atom is 0.222 e. The number of piperidine rings is 1. The summed E-state index contributed by atoms with van der Waals surface area (Å²) >= 11 is 0. The van der Waals surface area contributed by atoms with Crippen molar-refractivity contribution in [1.29, 1.82) is 5.26 Å². The molecule has 2 aliphatic rings. The van der Waals surface area contributed by atoms with Crippen LogP contribution in [0.25, 0.3) is 33.1 Å². The van der Waals surface area contributed by atoms with E-state index in [0.717, 1.165) is 53.2 Å². The standard InChI is InChI=1S/C27H27N5O3S/c28-17-27(9-13-36(33,34)14-10-27)19-5-6-23-22(16-19)25(32-31-23)24-15-18-3-1-2-4-21(18)26(30-24)35-20-7-11-29-12-8-20/h1-6,15-16,20,29H,7-14H2,(H,31,32). The highest BCUT2D eigenvalue weighted by Gasteiger charge is 2.39. The van der Waals surface area contributed by atoms with E-state index in [0.29, 0.717) is 30.1 Å². The smallest absolute Gasteiger partial charge is 0.222 e. The Balaban J connectivity index is 1.44. The number of pyridine rings is 1. The number of hydrogen-bond donors (Lipinski definition) is 2. The first-order chi connectivity index (χ1) is 17.5. The van der Waals surface area contributed by atoms with Gasteiger partial charge in [0, 0.05) is 10.8 Å². The number of aromatic nitrogens is 3. The molecular weight excluding hydrogens is 474 g/mol. The van der Waals surface area contributed by atoms with Gasteiger partial charge in [-0.2, -0.15) is 10.4 Å². The maximum atomic E-state index is 12.0. The summed E-state index contributed by atoms with van der Waals surface area (Å²) in [6.45, 7) is 1.86. The van der Waals surface area contributed by atoms with Crippen LogP contribution in [0.1, 0.15) is 31.2 Å². The van der Waals surface area contributed by atoms with Crippen molar-refractivity contribution in [2.45, 2.75) is 37.2 Å². The van der Waals surface area contributed by atoms with E-state index >= 15 is 0 Å². The van der Waals surface area contributed by atoms with Crippen LogP contribution in [0.2, 0.25) is 0 Å². The number of nitriles is 1. The molecule has 2 fully saturated rings. The molecule has 184 valence electrons. The van der Waals surface area contributed by atoms with Crippen LogP contribution in [0.5, 0.6) is 5.88 Å². The lowest BCUT2D eigenvalue weighted by molar-refractivity contribution is 0.158. The molecule has 4 heterocycles. The molecular formula is C27H27N5O3S. The van der Waals surface area contributed by atoms with E-state index in [9.17, 15) is 13.7 Å². The molecule has 8 nitrogen and oxygen atoms in total. The van der Waals surface area contributed by atoms with Crippen LogP contribution in [0.4, 0.5) is 0 Å². The van der Waals surface area contributed by atoms with Gasteiger partial charge in [0.15, 0.2) is 0 Å². The molecule has 0 aliphatic carbocycles. The summed E-state index contributed by atoms with van der Waals surface area (Å²) in [6, 6.07) is 18.3. The number of benzene rings is 2. The number of hydrogen-bond acceptors (Lipinski definition) is 7. The average molecular weight is 502 g/mol. The maximum absolute atomic E-state index is 12.0. The molecule has 2 N–H and O–H groups in total. The first kappa shape index (κ1) is 23.0. The largest absolute Gasteiger partial charge is 0.474 e. The molecule has 2 aromatic carbocycles. The lowest BCUT2D eigenvalue weighted by Gasteiger charge is -2.31. The Morgan fingerprint density at radius 3 is 2.58 bits per heavy atom. The van der Waals surface area contributed by atoms with Gasteiger partial charge in [0.2, 0.25) is 5.88 Å². The Labute approximate surface area is 209 Å². The fraction of sp³-hybridized carbons (Fsp3) is 0.370. The van der Waals surface area contributed by atoms with Crippen LogP contribution < -0.4 is 10.1 Å². The van der Waals surface area contributed by atoms with Gasteiger partial charge in [-0.25, -0.2) is 13.4 Å². The van der Waals surface area contributed by atoms with Crippen LogP contribution >= 0.6 is 0 Å². The monoisotopic (exact) mass is 501 g/mol. The summed E-state index contributed by atoms with van der Waals surface area (Å²) in [7, 11) is -3.09. The van der Waals surface area contributed by atoms with Crippen molar-refractivity contribution in [2.24, 2.45) is 0 Å². The fourth-order valence-electron chi connectivity index (χ4n) is 5.31. The summed E-state index contributed by atoms with van der Waals surface area (Å²) in [5, 5.41) is 24.0. The van der Waals surface area contributed by atoms with Crippen LogP contribution in [-0.2, 0) is 15.3 Å². The van der Waals surface area contributed by atoms with Crippen molar-refractivity contribution < 1.29 is 13.2 Å². The van der Waals surface area contributed by atoms with Gasteiger partial charge in [-0.15, -0.1) is 0 Å². The van der Waals surface area contributed by atoms with Crippen molar-refractivity contribution in [3.05, 3.63) is 54.1 Å². The summed E-state index contributed by atoms with van der Waals surface area (Å²) in [4.78, 5) is 4.92. The molecule has 9 heteroatoms. The predicted molar refractivity (Wildman–Crippen MR) is 139 cm³/mol. The van der Waals surface area contributed by atoms with Gasteiger partial charge in [-0.3, -0.25) is 5.10 Å². The molecule has 0 bridgehead atoms. The highest BCUT2D eigenvalue weighted by molar-refractivity contribution is 7.91. The molecule has 2 aromatic heterocycles. The third kappa shape index (κ3) is 4.10. The van der Waals surface area contributed by atoms with Crippen LogP contribution in [-0.4, -0.2) is 54.3 Å². The van der Waals surface area contributed by atoms with Crippen molar-refractivity contribution >= 4 is 31.5 Å². The normalized spacial score (nSPS) is 19.8. The van der Waals surface area contributed by atoms with Crippen molar-refractivity contribution in [3.8, 4) is 23.3 Å². The minimum Gasteiger partial charge on any atom is -0.474 e. The van der Waals surface area contributed by atoms with Gasteiger partial charge >= 0.3 is 0 Å². The minimum absolute atomic E-state index is 0.0282. The highest BCUT2D eigenvalue weighted by atomic mass is 32.2. The Hall–Kier alpha value is -3.48. The summed E-state index contributed by atoms with van der Waals surface area (Å²) in [5.74, 6) is 0.661. The van der Waals surface area contributed by atoms with E-state index in [1.807, 2.05) is 48.5 Å². The molecule has 36 heavy (non-hydrogen) atoms. The van der Waals surface area contributed by atoms with Crippen molar-refractivity contribution in [2.75, 3.05) is 24.6 Å². The highest BCUT2D eigenvalue weighted by Crippen LogP contribution is 2.39. The van der Waals surface area contributed by atoms with E-state index in [4.69, 9.17) is 9.72 Å². The van der Waals surface area contributed by atoms with Crippen molar-refractivity contribution in [1.82, 2.24) is 20.5 Å². The van der Waals surface area contributed by atoms with Gasteiger partial charge in [0.25, 0.3) is 0 Å². The second-order valence-electron chi connectivity index (χ2n) is 9.78. The van der Waals surface area contributed by atoms with Crippen molar-refractivity contribution in [3.63, 3.8) is 0 Å². The first-order valence-electron chi connectivity index (χ1n) is 12.3. The summed E-state index contributed by atoms with van der Waals surface area (Å²) < 4.78 is 30.5. The zero-order valence-corrected chi connectivity index (χ0v) is 20.6. The Kier molecular flexibility index (Phi) is 5.66. The fourth-order valence-corrected chi connectivity index (χ4v) is 6.83. The molecule has 0 spiro atoms. The number of aromatic amines is 1. The number of H-pyrrole nitrogens is 1. The molecule has 0 unspecified atom stereocenters. The zero-order valence-electron chi connectivity index (χ0n) is 19.8. The average Bonchev–Trinajstić information content (AvgIpc) is 3.33. The van der Waals surface area contributed by atoms with E-state index in [2.05, 4.69) is 21.6 Å². The van der Waals surface area contributed by atoms with E-state index in [-0.39, 0.29) is 17.6 Å². The van der Waals surface area contributed by atoms with Crippen LogP contribution in [0.3, 0.4) is 0 Å². The first-order valence-corrected chi connectivity index (χ1v) is 14.2. The second-order valence-corrected chi connectivity index (χ2v) is 12.1. The van der Waals surface area contributed by atoms with Gasteiger partial charge in [0.1, 0.15) is 21.6 Å². The van der Waals surface area contributed by atoms with E-state index in [1.165, 1.54) is 0 Å². The number of sulfone groups is 1. The molecule has 2 saturated heterocycles. The van der Waals surface area contributed by atoms with Crippen LogP contribution in [0.15, 0.2) is 48.5 Å². The molecule has 0 amide bonds. The number of fused-ring (bicyclic) bond motifs is 2. The Bertz CT molecular complexity index is 1590. The lowest BCUT2D eigenvalue weighted by Crippen LogP contribution is -2.35. The second kappa shape index (κ2) is 8.87. The summed E-state index contributed by atoms with van der Waals surface area (Å²) in [5.41, 5.74) is 2.21. The van der Waals surface area contributed by atoms with Crippen LogP contribution in [0, 0.1) is 11.3 Å². The number of nitrogens with one attached hydrogen (secondary N) is 2. The summed E-state index contributed by atoms with van der Waals surface area (Å²) in [6.07, 6.45) is 2.57. The molecule has 4 aromatic rings. The molecule has 6 rings (SSSR count). The van der Waals surface area contributed by atoms with E-state index in [1.54, 1.807) is 0 Å². The quantitative estimate of drug-likeness (QED) is 0.435. The number of ether oxygens (including phenoxy) is 1. The molecule has 0 radical (unpaired) electrons. The van der Waals surface area contributed by atoms with Gasteiger partial charge in [0.05, 0.1) is 34.2 Å². The minimum atomic E-state index is -3.09. The molecule has 2 aliphatic heterocycles. The van der Waals surface area contributed by atoms with Gasteiger partial charge < -0.3 is 10.1 Å². The molecule has 0 atom stereocenters. The number of rotatable bonds is 4. The van der Waals surface area contributed by atoms with Gasteiger partial charge in [-0.1, -0.05) is 24.3 Å². The van der Waals surface area contributed by atoms with Gasteiger partial charge in [-0.05, 0) is 74.0 Å². The Morgan fingerprint density at radius 2 is 1.81 bits per heavy atom. The third-order valence-corrected chi connectivity index (χ3v) is 9.17. The SMILES string of the molecule is N#CC1(c2ccc3[nH]nc(-c4cc5ccccc5c(OC5CCNCC5)n4)c3c2)CCS(=O)(=O)CC1. The predicted octanol–water partition coefficient (Wildman–Crippen LogP) is 3.88. The van der Waals surface area contributed by atoms with E-state index < -0.39 is 15.3 Å². The lowest BCUT2D eigenvalue weighted by atomic mass is 9.76. The third-order valence-electron chi connectivity index (χ3n) is 7.52. The Morgan fingerprint density at radius 1 is 1.03 bits per heavy atom. The number of nitrogens with zero attached hydrogens (tertiary/aromatic N) is 3. The zero-order chi connectivity index (χ0) is 24.8. The topological polar surface area (TPSA) is 121 Å². The molecule has 0 saturated carbocycles.